The molecule has 13 rings (SSSR count). The van der Waals surface area contributed by atoms with Crippen molar-refractivity contribution in [2.45, 2.75) is 177 Å². The van der Waals surface area contributed by atoms with Gasteiger partial charge in [0.2, 0.25) is 65.0 Å². The molecular weight excluding hydrogens is 1700 g/mol. The molecule has 3 saturated heterocycles. The number of carbonyl (C=O) groups excluding carboxylic acids is 15. The first-order valence-electron chi connectivity index (χ1n) is 43.0. The minimum absolute atomic E-state index is 0.000475. The summed E-state index contributed by atoms with van der Waals surface area (Å²) in [4.78, 5) is 217. The first-order valence-corrected chi connectivity index (χ1v) is 43.5. The van der Waals surface area contributed by atoms with Crippen LogP contribution in [0.25, 0.3) is 0 Å². The maximum atomic E-state index is 14.8. The van der Waals surface area contributed by atoms with Crippen LogP contribution >= 0.6 is 12.6 Å². The van der Waals surface area contributed by atoms with Crippen molar-refractivity contribution < 1.29 is 119 Å². The number of hydrogen-bond acceptors (Lipinski definition) is 26. The number of likely N-dealkylation sites (tertiary alicyclic amines) is 1. The third-order valence-corrected chi connectivity index (χ3v) is 22.8. The van der Waals surface area contributed by atoms with Gasteiger partial charge in [0.1, 0.15) is 43.4 Å². The van der Waals surface area contributed by atoms with Gasteiger partial charge in [-0.1, -0.05) is 48.6 Å². The summed E-state index contributed by atoms with van der Waals surface area (Å²) in [5.74, 6) is -8.14. The number of ether oxygens (including phenoxy) is 10. The van der Waals surface area contributed by atoms with E-state index in [4.69, 9.17) is 47.4 Å². The molecule has 9 heterocycles. The number of imide groups is 1. The molecule has 4 aromatic carbocycles. The third kappa shape index (κ3) is 27.6. The molecule has 0 aliphatic carbocycles. The number of amides is 15. The number of methoxy groups -OCH3 is 4. The van der Waals surface area contributed by atoms with Gasteiger partial charge < -0.3 is 105 Å². The van der Waals surface area contributed by atoms with Crippen molar-refractivity contribution in [2.75, 3.05) is 141 Å². The third-order valence-electron chi connectivity index (χ3n) is 22.4. The van der Waals surface area contributed by atoms with Crippen LogP contribution in [0.15, 0.2) is 97.1 Å². The second kappa shape index (κ2) is 48.1. The average Bonchev–Trinajstić information content (AvgIpc) is 1.62. The molecule has 9 N–H and O–H groups in total. The summed E-state index contributed by atoms with van der Waals surface area (Å²) in [5, 5.41) is 23.1. The number of hydrogen-bond donors (Lipinski definition) is 10. The maximum Gasteiger partial charge on any atom is 0.414 e. The zero-order chi connectivity index (χ0) is 93.0. The van der Waals surface area contributed by atoms with Crippen molar-refractivity contribution in [1.82, 2.24) is 51.9 Å². The Balaban J connectivity index is 0.929. The lowest BCUT2D eigenvalue weighted by atomic mass is 10.0. The summed E-state index contributed by atoms with van der Waals surface area (Å²) in [5.41, 5.74) is 3.57. The molecule has 698 valence electrons. The Morgan fingerprint density at radius 2 is 1.03 bits per heavy atom. The number of carbonyl (C=O) groups is 15. The maximum absolute atomic E-state index is 14.8. The molecule has 9 aliphatic heterocycles. The molecule has 0 radical (unpaired) electrons. The van der Waals surface area contributed by atoms with Crippen LogP contribution in [0.4, 0.5) is 32.3 Å². The van der Waals surface area contributed by atoms with Crippen LogP contribution in [0, 0.1) is 0 Å². The lowest BCUT2D eigenvalue weighted by molar-refractivity contribution is -0.139. The molecule has 4 aromatic rings. The Morgan fingerprint density at radius 1 is 0.527 bits per heavy atom. The van der Waals surface area contributed by atoms with E-state index in [1.165, 1.54) is 94.6 Å². The van der Waals surface area contributed by atoms with E-state index in [0.717, 1.165) is 16.0 Å². The molecule has 9 atom stereocenters. The quantitative estimate of drug-likeness (QED) is 0.0160. The Hall–Kier alpha value is -12.4. The second-order valence-electron chi connectivity index (χ2n) is 32.0. The second-order valence-corrected chi connectivity index (χ2v) is 32.6. The highest BCUT2D eigenvalue weighted by Gasteiger charge is 2.47. The first kappa shape index (κ1) is 98.8. The topological polar surface area (TPSA) is 473 Å². The normalized spacial score (nSPS) is 22.0. The molecule has 0 saturated carbocycles. The number of nitrogens with one attached hydrogen (secondary N) is 9. The highest BCUT2D eigenvalue weighted by atomic mass is 32.1. The minimum atomic E-state index is -1.82. The molecular formula is C89H116N14O25S. The zero-order valence-electron chi connectivity index (χ0n) is 73.6. The Labute approximate surface area is 752 Å². The van der Waals surface area contributed by atoms with Crippen LogP contribution in [-0.4, -0.2) is 278 Å². The largest absolute Gasteiger partial charge is 0.493 e. The van der Waals surface area contributed by atoms with Gasteiger partial charge in [-0.15, -0.1) is 0 Å². The van der Waals surface area contributed by atoms with E-state index >= 15 is 0 Å². The van der Waals surface area contributed by atoms with Gasteiger partial charge in [-0.25, -0.2) is 9.59 Å². The summed E-state index contributed by atoms with van der Waals surface area (Å²) in [6.45, 7) is 14.1. The number of nitrogens with zero attached hydrogens (tertiary/aromatic N) is 5. The van der Waals surface area contributed by atoms with Gasteiger partial charge in [-0.3, -0.25) is 77.0 Å². The zero-order valence-corrected chi connectivity index (χ0v) is 74.5. The summed E-state index contributed by atoms with van der Waals surface area (Å²) < 4.78 is 57.3. The van der Waals surface area contributed by atoms with Gasteiger partial charge in [0.15, 0.2) is 23.0 Å². The van der Waals surface area contributed by atoms with E-state index < -0.39 is 138 Å². The van der Waals surface area contributed by atoms with Gasteiger partial charge in [-0.2, -0.15) is 12.6 Å². The van der Waals surface area contributed by atoms with E-state index in [1.54, 1.807) is 47.1 Å². The van der Waals surface area contributed by atoms with Crippen LogP contribution in [0.2, 0.25) is 0 Å². The predicted octanol–water partition coefficient (Wildman–Crippen LogP) is 4.67. The first-order chi connectivity index (χ1) is 61.9. The van der Waals surface area contributed by atoms with E-state index in [1.807, 2.05) is 0 Å². The van der Waals surface area contributed by atoms with Crippen molar-refractivity contribution >= 4 is 124 Å². The lowest BCUT2D eigenvalue weighted by Crippen LogP contribution is -2.56. The SMILES string of the molecule is C=C1C[C@H]2CN3C(=O)OCc4ccc(cc4)NC(=O)[C@H](CCCCNC(=O)CCOCCOC)NC(=O)[C@H](C)NC(=O)C[C@@H](NC(=O)CCN4C(=O)CC(S)C4=O)C(=O)N[C@@H](C)C(=O)N[C@@H](CCCCNC(=O)CCOCCOC)C(=O)Nc4ccc(cc4)COC(=O)N4c5cc(c(OC)cc5C(=O)N5CC(=C)C[C@H]5C4C)OCCCOc4cc3c(cc4OC)C(=O)N2C1. The van der Waals surface area contributed by atoms with Gasteiger partial charge in [0, 0.05) is 103 Å². The van der Waals surface area contributed by atoms with Gasteiger partial charge in [0.05, 0.1) is 126 Å². The number of rotatable bonds is 28. The van der Waals surface area contributed by atoms with E-state index in [2.05, 4.69) is 73.6 Å². The molecule has 39 nitrogen and oxygen atoms in total. The minimum Gasteiger partial charge on any atom is -0.493 e. The van der Waals surface area contributed by atoms with Crippen LogP contribution in [0.5, 0.6) is 23.0 Å². The van der Waals surface area contributed by atoms with Gasteiger partial charge >= 0.3 is 12.2 Å². The molecule has 2 unspecified atom stereocenters. The predicted molar refractivity (Wildman–Crippen MR) is 471 cm³/mol. The molecule has 15 amide bonds. The Bertz CT molecular complexity index is 4770. The summed E-state index contributed by atoms with van der Waals surface area (Å²) >= 11 is 4.16. The molecule has 0 aromatic heterocycles. The standard InChI is InChI=1S/C89H116N14O25S/c1-52-39-61-49-102-68-44-72(70(121-8)41-62(68)85(114)100(61)47-52)125-31-14-32-126-73-45-69-63(42-71(73)122-9)86(115)101-48-53(2)40-67(101)56(5)103(69)89(118)128-51-58-19-23-60(24-20-58)95-83(112)65(16-11-13-29-91-76(105)27-34-124-38-36-120-7)98-81(110)55(4)93-84(113)66(96-77(106)25-30-99-79(108)46-74(129)87(99)116)43-78(107)92-54(3)80(109)97-64(15-10-12-28-90-75(104)26-33-123-37-35-119-6)82(111)94-59-21-17-57(18-22-59)50-127-88(102)117/h17-24,41-42,44-45,54-56,61,64-67,74,129H,1-2,10-16,25-40,43,46-51H2,3-9H3,(H,90,104)(H,91,105)(H,92,107)(H,93,113)(H,94,111)(H,95,112)(H,96,106)(H,97,109)(H,98,110)/t54-,55-,56?,61-,64-,65-,66+,67-,74?/m0/s1. The monoisotopic (exact) mass is 1810 g/mol. The molecule has 129 heavy (non-hydrogen) atoms. The van der Waals surface area contributed by atoms with Gasteiger partial charge in [-0.05, 0) is 120 Å². The number of unbranched alkanes of at least 4 members (excludes halogenated alkanes) is 2. The Morgan fingerprint density at radius 3 is 1.56 bits per heavy atom. The number of fused-ring (bicyclic) bond motifs is 2. The van der Waals surface area contributed by atoms with E-state index in [9.17, 15) is 71.9 Å². The van der Waals surface area contributed by atoms with Crippen molar-refractivity contribution in [1.29, 1.82) is 0 Å². The average molecular weight is 1810 g/mol. The highest BCUT2D eigenvalue weighted by Crippen LogP contribution is 2.44. The van der Waals surface area contributed by atoms with E-state index in [0.29, 0.717) is 63.2 Å². The number of benzene rings is 4. The van der Waals surface area contributed by atoms with Crippen LogP contribution in [-0.2, 0) is 94.4 Å². The van der Waals surface area contributed by atoms with Crippen molar-refractivity contribution in [3.8, 4) is 23.0 Å². The fourth-order valence-electron chi connectivity index (χ4n) is 15.4. The molecule has 9 aliphatic rings. The van der Waals surface area contributed by atoms with Crippen LogP contribution in [0.1, 0.15) is 143 Å². The molecule has 3 fully saturated rings. The summed E-state index contributed by atoms with van der Waals surface area (Å²) in [7, 11) is 5.87. The van der Waals surface area contributed by atoms with Gasteiger partial charge in [0.25, 0.3) is 11.8 Å². The molecule has 0 spiro atoms. The number of thiol groups is 1. The number of anilines is 4. The van der Waals surface area contributed by atoms with Crippen LogP contribution < -0.4 is 76.6 Å². The fourth-order valence-corrected chi connectivity index (χ4v) is 15.6. The van der Waals surface area contributed by atoms with Crippen LogP contribution in [0.3, 0.4) is 0 Å². The smallest absolute Gasteiger partial charge is 0.414 e. The van der Waals surface area contributed by atoms with Crippen molar-refractivity contribution in [2.24, 2.45) is 0 Å². The molecule has 40 heteroatoms. The van der Waals surface area contributed by atoms with Crippen molar-refractivity contribution in [3.05, 3.63) is 119 Å². The highest BCUT2D eigenvalue weighted by molar-refractivity contribution is 7.81. The van der Waals surface area contributed by atoms with Crippen molar-refractivity contribution in [3.63, 3.8) is 0 Å². The van der Waals surface area contributed by atoms with E-state index in [-0.39, 0.29) is 204 Å². The fraction of sp³-hybridized carbons (Fsp3) is 0.517. The summed E-state index contributed by atoms with van der Waals surface area (Å²) in [6.07, 6.45) is -0.973. The lowest BCUT2D eigenvalue weighted by Gasteiger charge is -2.33. The summed E-state index contributed by atoms with van der Waals surface area (Å²) in [6, 6.07) is 9.52. The Kier molecular flexibility index (Phi) is 36.9. The molecule has 8 bridgehead atoms.